The van der Waals surface area contributed by atoms with E-state index in [1.54, 1.807) is 12.3 Å². The molecule has 102 valence electrons. The molecule has 0 unspecified atom stereocenters. The first-order valence-electron chi connectivity index (χ1n) is 5.56. The molecule has 4 nitrogen and oxygen atoms in total. The second-order valence-electron chi connectivity index (χ2n) is 4.11. The molecule has 7 heteroatoms. The van der Waals surface area contributed by atoms with Crippen LogP contribution >= 0.6 is 27.3 Å². The first kappa shape index (κ1) is 14.6. The van der Waals surface area contributed by atoms with Crippen molar-refractivity contribution in [3.05, 3.63) is 45.0 Å². The summed E-state index contributed by atoms with van der Waals surface area (Å²) in [5, 5.41) is 0. The Morgan fingerprint density at radius 1 is 1.37 bits per heavy atom. The van der Waals surface area contributed by atoms with Gasteiger partial charge in [0.25, 0.3) is 0 Å². The lowest BCUT2D eigenvalue weighted by Crippen LogP contribution is -2.23. The summed E-state index contributed by atoms with van der Waals surface area (Å²) < 4.78 is 28.0. The minimum absolute atomic E-state index is 0.198. The van der Waals surface area contributed by atoms with Crippen LogP contribution in [0.3, 0.4) is 0 Å². The monoisotopic (exact) mass is 360 g/mol. The third kappa shape index (κ3) is 3.42. The van der Waals surface area contributed by atoms with E-state index < -0.39 is 10.0 Å². The Bertz CT molecular complexity index is 676. The molecule has 0 atom stereocenters. The number of sulfonamides is 1. The van der Waals surface area contributed by atoms with Gasteiger partial charge in [-0.15, -0.1) is 11.3 Å². The van der Waals surface area contributed by atoms with Gasteiger partial charge < -0.3 is 0 Å². The number of nitrogens with one attached hydrogen (secondary N) is 1. The van der Waals surface area contributed by atoms with E-state index in [0.29, 0.717) is 4.21 Å². The third-order valence-corrected chi connectivity index (χ3v) is 6.66. The third-order valence-electron chi connectivity index (χ3n) is 2.65. The van der Waals surface area contributed by atoms with Crippen LogP contribution in [0.15, 0.2) is 32.4 Å². The van der Waals surface area contributed by atoms with E-state index in [1.165, 1.54) is 11.3 Å². The number of hydrogen-bond donors (Lipinski definition) is 1. The molecule has 0 fully saturated rings. The van der Waals surface area contributed by atoms with Crippen LogP contribution in [0.2, 0.25) is 0 Å². The second-order valence-corrected chi connectivity index (χ2v) is 8.48. The lowest BCUT2D eigenvalue weighted by Gasteiger charge is -2.06. The predicted octanol–water partition coefficient (Wildman–Crippen LogP) is 3.00. The number of aromatic nitrogens is 1. The normalized spacial score (nSPS) is 11.7. The molecule has 0 saturated heterocycles. The van der Waals surface area contributed by atoms with Gasteiger partial charge in [-0.3, -0.25) is 4.98 Å². The number of aryl methyl sites for hydroxylation is 2. The highest BCUT2D eigenvalue weighted by Gasteiger charge is 2.18. The molecule has 0 saturated carbocycles. The van der Waals surface area contributed by atoms with E-state index in [4.69, 9.17) is 0 Å². The van der Waals surface area contributed by atoms with Crippen molar-refractivity contribution in [2.45, 2.75) is 24.6 Å². The predicted molar refractivity (Wildman–Crippen MR) is 79.8 cm³/mol. The van der Waals surface area contributed by atoms with E-state index in [0.717, 1.165) is 20.6 Å². The molecule has 2 heterocycles. The fourth-order valence-electron chi connectivity index (χ4n) is 1.50. The maximum absolute atomic E-state index is 12.1. The van der Waals surface area contributed by atoms with Crippen molar-refractivity contribution in [2.24, 2.45) is 0 Å². The van der Waals surface area contributed by atoms with E-state index >= 15 is 0 Å². The lowest BCUT2D eigenvalue weighted by molar-refractivity contribution is 0.582. The minimum atomic E-state index is -3.48. The number of halogens is 1. The zero-order valence-electron chi connectivity index (χ0n) is 10.5. The van der Waals surface area contributed by atoms with Gasteiger partial charge in [-0.05, 0) is 53.0 Å². The number of nitrogens with zero attached hydrogens (tertiary/aromatic N) is 1. The first-order chi connectivity index (χ1) is 8.90. The molecule has 0 spiro atoms. The summed E-state index contributed by atoms with van der Waals surface area (Å²) in [4.78, 5) is 4.16. The smallest absolute Gasteiger partial charge is 0.250 e. The standard InChI is InChI=1S/C12H13BrN2O2S2/c1-8-4-3-5-14-10(8)7-15-19(16,17)11-6-9(2)12(13)18-11/h3-6,15H,7H2,1-2H3. The highest BCUT2D eigenvalue weighted by Crippen LogP contribution is 2.30. The highest BCUT2D eigenvalue weighted by molar-refractivity contribution is 9.11. The number of rotatable bonds is 4. The van der Waals surface area contributed by atoms with E-state index in [9.17, 15) is 8.42 Å². The molecule has 0 aliphatic carbocycles. The first-order valence-corrected chi connectivity index (χ1v) is 8.65. The van der Waals surface area contributed by atoms with Gasteiger partial charge in [0.15, 0.2) is 0 Å². The summed E-state index contributed by atoms with van der Waals surface area (Å²) in [6.07, 6.45) is 1.66. The Hall–Kier alpha value is -0.760. The Kier molecular flexibility index (Phi) is 4.39. The summed E-state index contributed by atoms with van der Waals surface area (Å²) >= 11 is 4.54. The Morgan fingerprint density at radius 3 is 2.68 bits per heavy atom. The van der Waals surface area contributed by atoms with Gasteiger partial charge in [0.05, 0.1) is 16.0 Å². The number of thiophene rings is 1. The molecule has 19 heavy (non-hydrogen) atoms. The number of hydrogen-bond acceptors (Lipinski definition) is 4. The largest absolute Gasteiger partial charge is 0.260 e. The molecule has 0 amide bonds. The summed E-state index contributed by atoms with van der Waals surface area (Å²) in [7, 11) is -3.48. The SMILES string of the molecule is Cc1cccnc1CNS(=O)(=O)c1cc(C)c(Br)s1. The Balaban J connectivity index is 2.17. The van der Waals surface area contributed by atoms with E-state index in [1.807, 2.05) is 26.0 Å². The van der Waals surface area contributed by atoms with Crippen LogP contribution < -0.4 is 4.72 Å². The van der Waals surface area contributed by atoms with Crippen LogP contribution in [0.5, 0.6) is 0 Å². The highest BCUT2D eigenvalue weighted by atomic mass is 79.9. The molecular weight excluding hydrogens is 348 g/mol. The van der Waals surface area contributed by atoms with Crippen LogP contribution in [0.1, 0.15) is 16.8 Å². The fraction of sp³-hybridized carbons (Fsp3) is 0.250. The van der Waals surface area contributed by atoms with E-state index in [-0.39, 0.29) is 6.54 Å². The van der Waals surface area contributed by atoms with Gasteiger partial charge in [-0.1, -0.05) is 6.07 Å². The van der Waals surface area contributed by atoms with Crippen LogP contribution in [-0.4, -0.2) is 13.4 Å². The average molecular weight is 361 g/mol. The van der Waals surface area contributed by atoms with Crippen molar-refractivity contribution in [3.63, 3.8) is 0 Å². The van der Waals surface area contributed by atoms with Crippen LogP contribution in [0.25, 0.3) is 0 Å². The van der Waals surface area contributed by atoms with Crippen molar-refractivity contribution in [1.29, 1.82) is 0 Å². The van der Waals surface area contributed by atoms with Crippen molar-refractivity contribution in [1.82, 2.24) is 9.71 Å². The Labute approximate surface area is 125 Å². The lowest BCUT2D eigenvalue weighted by atomic mass is 10.2. The average Bonchev–Trinajstić information content (AvgIpc) is 2.70. The molecule has 0 aromatic carbocycles. The topological polar surface area (TPSA) is 59.1 Å². The maximum Gasteiger partial charge on any atom is 0.250 e. The maximum atomic E-state index is 12.1. The summed E-state index contributed by atoms with van der Waals surface area (Å²) in [6.45, 7) is 3.97. The van der Waals surface area contributed by atoms with Crippen molar-refractivity contribution in [3.8, 4) is 0 Å². The molecule has 0 aliphatic heterocycles. The summed E-state index contributed by atoms with van der Waals surface area (Å²) in [5.41, 5.74) is 2.62. The van der Waals surface area contributed by atoms with Gasteiger partial charge in [0.2, 0.25) is 10.0 Å². The molecule has 0 radical (unpaired) electrons. The molecule has 2 aromatic heterocycles. The zero-order chi connectivity index (χ0) is 14.0. The molecule has 2 rings (SSSR count). The van der Waals surface area contributed by atoms with Gasteiger partial charge in [0.1, 0.15) is 4.21 Å². The van der Waals surface area contributed by atoms with Gasteiger partial charge in [0, 0.05) is 6.20 Å². The Morgan fingerprint density at radius 2 is 2.11 bits per heavy atom. The van der Waals surface area contributed by atoms with E-state index in [2.05, 4.69) is 25.6 Å². The molecular formula is C12H13BrN2O2S2. The van der Waals surface area contributed by atoms with Crippen LogP contribution in [0, 0.1) is 13.8 Å². The summed E-state index contributed by atoms with van der Waals surface area (Å²) in [5.74, 6) is 0. The van der Waals surface area contributed by atoms with Crippen LogP contribution in [0.4, 0.5) is 0 Å². The quantitative estimate of drug-likeness (QED) is 0.911. The number of pyridine rings is 1. The molecule has 0 bridgehead atoms. The molecule has 2 aromatic rings. The minimum Gasteiger partial charge on any atom is -0.260 e. The fourth-order valence-corrected chi connectivity index (χ4v) is 4.76. The second kappa shape index (κ2) is 5.70. The molecule has 0 aliphatic rings. The van der Waals surface area contributed by atoms with Gasteiger partial charge in [-0.25, -0.2) is 13.1 Å². The van der Waals surface area contributed by atoms with Crippen LogP contribution in [-0.2, 0) is 16.6 Å². The molecule has 1 N–H and O–H groups in total. The van der Waals surface area contributed by atoms with Crippen molar-refractivity contribution < 1.29 is 8.42 Å². The van der Waals surface area contributed by atoms with Crippen molar-refractivity contribution in [2.75, 3.05) is 0 Å². The zero-order valence-corrected chi connectivity index (χ0v) is 13.7. The van der Waals surface area contributed by atoms with Gasteiger partial charge in [-0.2, -0.15) is 0 Å². The van der Waals surface area contributed by atoms with Crippen molar-refractivity contribution >= 4 is 37.3 Å². The summed E-state index contributed by atoms with van der Waals surface area (Å²) in [6, 6.07) is 5.39. The van der Waals surface area contributed by atoms with Gasteiger partial charge >= 0.3 is 0 Å².